The molecule has 6 heteroatoms. The van der Waals surface area contributed by atoms with Gasteiger partial charge in [-0.15, -0.1) is 0 Å². The summed E-state index contributed by atoms with van der Waals surface area (Å²) in [6, 6.07) is 4.30. The number of fused-ring (bicyclic) bond motifs is 2. The van der Waals surface area contributed by atoms with E-state index in [-0.39, 0.29) is 35.2 Å². The fourth-order valence-corrected chi connectivity index (χ4v) is 9.36. The van der Waals surface area contributed by atoms with Gasteiger partial charge in [0.2, 0.25) is 0 Å². The molecule has 180 valence electrons. The minimum atomic E-state index is -0.971. The zero-order valence-corrected chi connectivity index (χ0v) is 19.8. The van der Waals surface area contributed by atoms with Crippen molar-refractivity contribution in [1.29, 1.82) is 0 Å². The van der Waals surface area contributed by atoms with Crippen molar-refractivity contribution in [2.24, 2.45) is 17.3 Å². The molecule has 2 aliphatic heterocycles. The first-order valence-corrected chi connectivity index (χ1v) is 13.0. The third kappa shape index (κ3) is 2.38. The summed E-state index contributed by atoms with van der Waals surface area (Å²) in [5, 5.41) is 22.3. The van der Waals surface area contributed by atoms with Crippen molar-refractivity contribution in [1.82, 2.24) is 4.90 Å². The fraction of sp³-hybridized carbons (Fsp3) is 0.778. The lowest BCUT2D eigenvalue weighted by Crippen LogP contribution is -2.82. The van der Waals surface area contributed by atoms with E-state index in [1.807, 2.05) is 13.8 Å². The third-order valence-electron chi connectivity index (χ3n) is 10.6. The molecular weight excluding hydrogens is 420 g/mol. The molecule has 7 aliphatic rings. The maximum absolute atomic E-state index is 13.5. The summed E-state index contributed by atoms with van der Waals surface area (Å²) in [5.41, 5.74) is 0.515. The number of phenolic OH excluding ortho intramolecular Hbond substituents is 1. The van der Waals surface area contributed by atoms with Crippen LogP contribution in [0.1, 0.15) is 63.5 Å². The second kappa shape index (κ2) is 6.44. The van der Waals surface area contributed by atoms with Crippen LogP contribution in [0.2, 0.25) is 0 Å². The van der Waals surface area contributed by atoms with Crippen molar-refractivity contribution in [2.45, 2.75) is 87.6 Å². The molecule has 0 radical (unpaired) electrons. The Morgan fingerprint density at radius 1 is 1.24 bits per heavy atom. The Morgan fingerprint density at radius 2 is 2.06 bits per heavy atom. The van der Waals surface area contributed by atoms with Gasteiger partial charge < -0.3 is 19.7 Å². The molecule has 2 heterocycles. The van der Waals surface area contributed by atoms with E-state index >= 15 is 0 Å². The number of likely N-dealkylation sites (tertiary alicyclic amines) is 1. The third-order valence-corrected chi connectivity index (χ3v) is 10.6. The van der Waals surface area contributed by atoms with Crippen LogP contribution in [0.3, 0.4) is 0 Å². The number of hydrogen-bond donors (Lipinski definition) is 2. The molecule has 0 amide bonds. The average Bonchev–Trinajstić information content (AvgIpc) is 3.52. The topological polar surface area (TPSA) is 62.2 Å². The quantitative estimate of drug-likeness (QED) is 0.683. The first-order valence-electron chi connectivity index (χ1n) is 13.0. The van der Waals surface area contributed by atoms with E-state index in [1.54, 1.807) is 6.07 Å². The van der Waals surface area contributed by atoms with Gasteiger partial charge in [0.1, 0.15) is 18.4 Å². The minimum absolute atomic E-state index is 0.0158. The van der Waals surface area contributed by atoms with Gasteiger partial charge in [-0.25, -0.2) is 4.39 Å². The lowest BCUT2D eigenvalue weighted by atomic mass is 9.34. The van der Waals surface area contributed by atoms with Crippen LogP contribution in [0.15, 0.2) is 12.1 Å². The summed E-state index contributed by atoms with van der Waals surface area (Å²) < 4.78 is 26.7. The number of hydrogen-bond acceptors (Lipinski definition) is 5. The zero-order valence-electron chi connectivity index (χ0n) is 19.8. The van der Waals surface area contributed by atoms with E-state index in [9.17, 15) is 14.6 Å². The summed E-state index contributed by atoms with van der Waals surface area (Å²) in [5.74, 6) is 1.51. The number of aromatic hydroxyl groups is 1. The largest absolute Gasteiger partial charge is 0.504 e. The molecule has 1 aromatic carbocycles. The van der Waals surface area contributed by atoms with Gasteiger partial charge >= 0.3 is 0 Å². The minimum Gasteiger partial charge on any atom is -0.504 e. The van der Waals surface area contributed by atoms with E-state index < -0.39 is 17.9 Å². The first-order chi connectivity index (χ1) is 15.8. The van der Waals surface area contributed by atoms with Crippen LogP contribution in [0.4, 0.5) is 4.39 Å². The number of benzene rings is 1. The molecule has 33 heavy (non-hydrogen) atoms. The number of rotatable bonds is 6. The Balaban J connectivity index is 1.46. The SMILES string of the molecule is CC(C)(O)[C@H]1C[C@@]23CC[C@]1(OCC[18F])C1Oc4c(O)ccc5c4[C@]12CCN(CC1CC1)C3C5. The molecular formula is C27H36FNO4. The van der Waals surface area contributed by atoms with Crippen LogP contribution < -0.4 is 4.74 Å². The van der Waals surface area contributed by atoms with Gasteiger partial charge in [0.15, 0.2) is 11.5 Å². The van der Waals surface area contributed by atoms with Gasteiger partial charge in [0.25, 0.3) is 0 Å². The molecule has 4 bridgehead atoms. The van der Waals surface area contributed by atoms with Crippen LogP contribution in [0.5, 0.6) is 11.5 Å². The van der Waals surface area contributed by atoms with E-state index in [2.05, 4.69) is 11.0 Å². The van der Waals surface area contributed by atoms with Crippen LogP contribution in [-0.4, -0.2) is 64.8 Å². The number of ether oxygens (including phenoxy) is 2. The number of alkyl halides is 1. The monoisotopic (exact) mass is 456 g/mol. The van der Waals surface area contributed by atoms with Gasteiger partial charge in [-0.3, -0.25) is 4.90 Å². The van der Waals surface area contributed by atoms with Crippen LogP contribution in [0.25, 0.3) is 0 Å². The summed E-state index contributed by atoms with van der Waals surface area (Å²) in [4.78, 5) is 2.76. The highest BCUT2D eigenvalue weighted by Gasteiger charge is 2.81. The predicted octanol–water partition coefficient (Wildman–Crippen LogP) is 3.73. The highest BCUT2D eigenvalue weighted by Crippen LogP contribution is 2.77. The molecule has 6 atom stereocenters. The molecule has 5 aliphatic carbocycles. The Kier molecular flexibility index (Phi) is 4.09. The van der Waals surface area contributed by atoms with Crippen LogP contribution in [0, 0.1) is 17.3 Å². The van der Waals surface area contributed by atoms with Crippen molar-refractivity contribution < 1.29 is 24.1 Å². The van der Waals surface area contributed by atoms with E-state index in [0.29, 0.717) is 11.8 Å². The average molecular weight is 457 g/mol. The van der Waals surface area contributed by atoms with Gasteiger partial charge in [-0.05, 0) is 82.9 Å². The van der Waals surface area contributed by atoms with Crippen molar-refractivity contribution in [3.8, 4) is 11.5 Å². The summed E-state index contributed by atoms with van der Waals surface area (Å²) in [6.45, 7) is 5.44. The number of halogens is 1. The highest BCUT2D eigenvalue weighted by molar-refractivity contribution is 5.63. The van der Waals surface area contributed by atoms with Crippen molar-refractivity contribution in [3.63, 3.8) is 0 Å². The predicted molar refractivity (Wildman–Crippen MR) is 121 cm³/mol. The molecule has 5 fully saturated rings. The molecule has 5 nitrogen and oxygen atoms in total. The van der Waals surface area contributed by atoms with Crippen molar-refractivity contribution in [3.05, 3.63) is 23.3 Å². The molecule has 2 N–H and O–H groups in total. The molecule has 4 saturated carbocycles. The zero-order chi connectivity index (χ0) is 22.8. The number of nitrogens with zero attached hydrogens (tertiary/aromatic N) is 1. The number of piperidine rings is 1. The Morgan fingerprint density at radius 3 is 2.79 bits per heavy atom. The smallest absolute Gasteiger partial charge is 0.165 e. The first kappa shape index (κ1) is 21.0. The summed E-state index contributed by atoms with van der Waals surface area (Å²) >= 11 is 0. The van der Waals surface area contributed by atoms with Crippen LogP contribution in [-0.2, 0) is 16.6 Å². The van der Waals surface area contributed by atoms with Gasteiger partial charge in [0, 0.05) is 34.9 Å². The number of phenols is 1. The van der Waals surface area contributed by atoms with Gasteiger partial charge in [-0.1, -0.05) is 6.07 Å². The lowest BCUT2D eigenvalue weighted by molar-refractivity contribution is -0.307. The second-order valence-corrected chi connectivity index (χ2v) is 12.4. The molecule has 2 spiro atoms. The molecule has 1 saturated heterocycles. The molecule has 1 aromatic rings. The van der Waals surface area contributed by atoms with Gasteiger partial charge in [0.05, 0.1) is 12.2 Å². The Hall–Kier alpha value is -1.37. The Labute approximate surface area is 195 Å². The number of aliphatic hydroxyl groups is 1. The van der Waals surface area contributed by atoms with Crippen LogP contribution >= 0.6 is 0 Å². The maximum Gasteiger partial charge on any atom is 0.165 e. The maximum atomic E-state index is 13.5. The second-order valence-electron chi connectivity index (χ2n) is 12.4. The Bertz CT molecular complexity index is 1000. The molecule has 2 unspecified atom stereocenters. The molecule has 8 rings (SSSR count). The summed E-state index contributed by atoms with van der Waals surface area (Å²) in [7, 11) is 0. The van der Waals surface area contributed by atoms with E-state index in [0.717, 1.165) is 44.6 Å². The molecule has 0 aromatic heterocycles. The van der Waals surface area contributed by atoms with Gasteiger partial charge in [-0.2, -0.15) is 0 Å². The summed E-state index contributed by atoms with van der Waals surface area (Å²) in [6.07, 6.45) is 6.97. The van der Waals surface area contributed by atoms with E-state index in [1.165, 1.54) is 30.5 Å². The van der Waals surface area contributed by atoms with E-state index in [4.69, 9.17) is 9.47 Å². The normalized spacial score (nSPS) is 42.8. The fourth-order valence-electron chi connectivity index (χ4n) is 9.36. The standard InChI is InChI=1S/C27H36FNO4/c1-24(2,31)19-14-25-7-8-27(19,32-12-10-28)23-26(25)9-11-29(15-16-3-4-16)20(25)13-17-5-6-18(30)22(33-23)21(17)26/h5-6,16,19-20,23,30-31H,3-4,7-15H2,1-2H3/t19-,20?,23?,25-,26-,27-/m1/s1/i28-1. The van der Waals surface area contributed by atoms with Crippen molar-refractivity contribution in [2.75, 3.05) is 26.4 Å². The lowest BCUT2D eigenvalue weighted by Gasteiger charge is -2.75. The highest BCUT2D eigenvalue weighted by atomic mass is 18.2. The van der Waals surface area contributed by atoms with Crippen molar-refractivity contribution >= 4 is 0 Å².